The smallest absolute Gasteiger partial charge is 0.271 e. The Morgan fingerprint density at radius 3 is 2.77 bits per heavy atom. The number of nitrogens with one attached hydrogen (secondary N) is 1. The molecule has 2 aromatic heterocycles. The molecule has 0 spiro atoms. The molecule has 0 atom stereocenters. The SMILES string of the molecule is CC1CCN(c2nc(-c3ccc(Br)o3)c(C#N)c(=O)[nH]2)CC1. The summed E-state index contributed by atoms with van der Waals surface area (Å²) in [6.45, 7) is 3.91. The predicted molar refractivity (Wildman–Crippen MR) is 85.6 cm³/mol. The molecule has 0 radical (unpaired) electrons. The molecule has 22 heavy (non-hydrogen) atoms. The van der Waals surface area contributed by atoms with E-state index in [2.05, 4.69) is 32.8 Å². The third-order valence-electron chi connectivity index (χ3n) is 3.91. The molecular formula is C15H15BrN4O2. The van der Waals surface area contributed by atoms with Gasteiger partial charge in [0.15, 0.2) is 10.4 Å². The number of H-pyrrole nitrogens is 1. The number of nitriles is 1. The second-order valence-corrected chi connectivity index (χ2v) is 6.28. The molecule has 1 aliphatic heterocycles. The highest BCUT2D eigenvalue weighted by Crippen LogP contribution is 2.27. The Morgan fingerprint density at radius 2 is 2.18 bits per heavy atom. The van der Waals surface area contributed by atoms with Gasteiger partial charge in [-0.2, -0.15) is 5.26 Å². The predicted octanol–water partition coefficient (Wildman–Crippen LogP) is 2.90. The second kappa shape index (κ2) is 5.97. The molecule has 1 N–H and O–H groups in total. The fourth-order valence-corrected chi connectivity index (χ4v) is 2.86. The molecule has 114 valence electrons. The van der Waals surface area contributed by atoms with E-state index in [1.54, 1.807) is 12.1 Å². The Hall–Kier alpha value is -2.07. The van der Waals surface area contributed by atoms with Gasteiger partial charge >= 0.3 is 0 Å². The van der Waals surface area contributed by atoms with Crippen LogP contribution in [0.2, 0.25) is 0 Å². The summed E-state index contributed by atoms with van der Waals surface area (Å²) in [5, 5.41) is 9.23. The number of aromatic nitrogens is 2. The van der Waals surface area contributed by atoms with Gasteiger partial charge in [-0.25, -0.2) is 4.98 Å². The lowest BCUT2D eigenvalue weighted by Crippen LogP contribution is -2.35. The van der Waals surface area contributed by atoms with Crippen molar-refractivity contribution < 1.29 is 4.42 Å². The molecule has 0 amide bonds. The zero-order valence-corrected chi connectivity index (χ0v) is 13.7. The van der Waals surface area contributed by atoms with Gasteiger partial charge in [0.1, 0.15) is 17.3 Å². The number of halogens is 1. The summed E-state index contributed by atoms with van der Waals surface area (Å²) in [4.78, 5) is 21.4. The number of anilines is 1. The lowest BCUT2D eigenvalue weighted by Gasteiger charge is -2.30. The van der Waals surface area contributed by atoms with E-state index in [4.69, 9.17) is 4.42 Å². The third-order valence-corrected chi connectivity index (χ3v) is 4.33. The summed E-state index contributed by atoms with van der Waals surface area (Å²) in [5.41, 5.74) is -0.185. The van der Waals surface area contributed by atoms with Crippen LogP contribution in [-0.4, -0.2) is 23.1 Å². The monoisotopic (exact) mass is 362 g/mol. The average molecular weight is 363 g/mol. The first-order chi connectivity index (χ1) is 10.6. The van der Waals surface area contributed by atoms with Gasteiger partial charge in [-0.05, 0) is 46.8 Å². The molecule has 1 aliphatic rings. The third kappa shape index (κ3) is 2.79. The Morgan fingerprint density at radius 1 is 1.45 bits per heavy atom. The highest BCUT2D eigenvalue weighted by molar-refractivity contribution is 9.10. The van der Waals surface area contributed by atoms with Crippen LogP contribution in [0.1, 0.15) is 25.3 Å². The van der Waals surface area contributed by atoms with Crippen molar-refractivity contribution >= 4 is 21.9 Å². The topological polar surface area (TPSA) is 85.9 Å². The minimum Gasteiger partial charge on any atom is -0.448 e. The minimum atomic E-state index is -0.436. The van der Waals surface area contributed by atoms with E-state index in [9.17, 15) is 10.1 Å². The molecule has 0 aliphatic carbocycles. The summed E-state index contributed by atoms with van der Waals surface area (Å²) in [6, 6.07) is 5.31. The number of hydrogen-bond acceptors (Lipinski definition) is 5. The largest absolute Gasteiger partial charge is 0.448 e. The van der Waals surface area contributed by atoms with Gasteiger partial charge < -0.3 is 9.32 Å². The van der Waals surface area contributed by atoms with E-state index in [0.717, 1.165) is 25.9 Å². The van der Waals surface area contributed by atoms with Crippen molar-refractivity contribution in [3.63, 3.8) is 0 Å². The molecule has 0 bridgehead atoms. The van der Waals surface area contributed by atoms with Crippen molar-refractivity contribution in [3.05, 3.63) is 32.7 Å². The number of piperidine rings is 1. The molecule has 0 aromatic carbocycles. The quantitative estimate of drug-likeness (QED) is 0.887. The Kier molecular flexibility index (Phi) is 4.03. The molecule has 3 rings (SSSR count). The van der Waals surface area contributed by atoms with Crippen LogP contribution >= 0.6 is 15.9 Å². The van der Waals surface area contributed by atoms with Crippen molar-refractivity contribution in [2.45, 2.75) is 19.8 Å². The van der Waals surface area contributed by atoms with Crippen LogP contribution in [-0.2, 0) is 0 Å². The fraction of sp³-hybridized carbons (Fsp3) is 0.400. The van der Waals surface area contributed by atoms with Gasteiger partial charge in [0, 0.05) is 13.1 Å². The summed E-state index contributed by atoms with van der Waals surface area (Å²) in [5.74, 6) is 1.58. The Balaban J connectivity index is 2.05. The molecule has 1 fully saturated rings. The summed E-state index contributed by atoms with van der Waals surface area (Å²) in [7, 11) is 0. The zero-order valence-electron chi connectivity index (χ0n) is 12.1. The van der Waals surface area contributed by atoms with Crippen LogP contribution in [0.4, 0.5) is 5.95 Å². The van der Waals surface area contributed by atoms with Crippen LogP contribution in [0.5, 0.6) is 0 Å². The molecule has 0 saturated carbocycles. The lowest BCUT2D eigenvalue weighted by atomic mass is 10.00. The highest BCUT2D eigenvalue weighted by atomic mass is 79.9. The standard InChI is InChI=1S/C15H15BrN4O2/c1-9-4-6-20(7-5-9)15-18-13(10(8-17)14(21)19-15)11-2-3-12(16)22-11/h2-3,9H,4-7H2,1H3,(H,18,19,21). The van der Waals surface area contributed by atoms with E-state index in [-0.39, 0.29) is 11.3 Å². The Labute approximate surface area is 135 Å². The summed E-state index contributed by atoms with van der Waals surface area (Å²) < 4.78 is 5.99. The van der Waals surface area contributed by atoms with Crippen LogP contribution in [0, 0.1) is 17.2 Å². The van der Waals surface area contributed by atoms with Gasteiger partial charge in [-0.15, -0.1) is 0 Å². The van der Waals surface area contributed by atoms with Crippen molar-refractivity contribution in [1.29, 1.82) is 5.26 Å². The Bertz CT molecular complexity index is 782. The molecule has 3 heterocycles. The molecule has 0 unspecified atom stereocenters. The maximum atomic E-state index is 12.2. The number of aromatic amines is 1. The van der Waals surface area contributed by atoms with E-state index >= 15 is 0 Å². The van der Waals surface area contributed by atoms with Crippen molar-refractivity contribution in [2.75, 3.05) is 18.0 Å². The maximum Gasteiger partial charge on any atom is 0.271 e. The van der Waals surface area contributed by atoms with Gasteiger partial charge in [-0.3, -0.25) is 9.78 Å². The van der Waals surface area contributed by atoms with Crippen molar-refractivity contribution in [2.24, 2.45) is 5.92 Å². The molecule has 2 aromatic rings. The normalized spacial score (nSPS) is 15.8. The van der Waals surface area contributed by atoms with E-state index in [1.807, 2.05) is 11.0 Å². The van der Waals surface area contributed by atoms with Gasteiger partial charge in [0.2, 0.25) is 5.95 Å². The molecule has 7 heteroatoms. The lowest BCUT2D eigenvalue weighted by molar-refractivity contribution is 0.434. The highest BCUT2D eigenvalue weighted by Gasteiger charge is 2.22. The van der Waals surface area contributed by atoms with Crippen molar-refractivity contribution in [3.8, 4) is 17.5 Å². The van der Waals surface area contributed by atoms with E-state index in [0.29, 0.717) is 22.3 Å². The average Bonchev–Trinajstić information content (AvgIpc) is 2.93. The van der Waals surface area contributed by atoms with Gasteiger partial charge in [-0.1, -0.05) is 6.92 Å². The number of rotatable bonds is 2. The summed E-state index contributed by atoms with van der Waals surface area (Å²) >= 11 is 3.22. The molecule has 1 saturated heterocycles. The first-order valence-corrected chi connectivity index (χ1v) is 7.93. The van der Waals surface area contributed by atoms with Crippen LogP contribution in [0.25, 0.3) is 11.5 Å². The van der Waals surface area contributed by atoms with Gasteiger partial charge in [0.05, 0.1) is 0 Å². The van der Waals surface area contributed by atoms with Crippen molar-refractivity contribution in [1.82, 2.24) is 9.97 Å². The first kappa shape index (κ1) is 14.9. The number of hydrogen-bond donors (Lipinski definition) is 1. The van der Waals surface area contributed by atoms with E-state index in [1.165, 1.54) is 0 Å². The van der Waals surface area contributed by atoms with Crippen LogP contribution in [0.15, 0.2) is 26.0 Å². The molecule has 6 nitrogen and oxygen atoms in total. The molecular weight excluding hydrogens is 348 g/mol. The maximum absolute atomic E-state index is 12.2. The van der Waals surface area contributed by atoms with E-state index < -0.39 is 5.56 Å². The number of nitrogens with zero attached hydrogens (tertiary/aromatic N) is 3. The van der Waals surface area contributed by atoms with Crippen LogP contribution in [0.3, 0.4) is 0 Å². The fourth-order valence-electron chi connectivity index (χ4n) is 2.56. The zero-order chi connectivity index (χ0) is 15.7. The second-order valence-electron chi connectivity index (χ2n) is 5.50. The van der Waals surface area contributed by atoms with Gasteiger partial charge in [0.25, 0.3) is 5.56 Å². The first-order valence-electron chi connectivity index (χ1n) is 7.13. The van der Waals surface area contributed by atoms with Crippen LogP contribution < -0.4 is 10.5 Å². The number of furan rings is 1. The minimum absolute atomic E-state index is 0.0315. The summed E-state index contributed by atoms with van der Waals surface area (Å²) in [6.07, 6.45) is 2.12.